The molecular weight excluding hydrogens is 365 g/mol. The molecule has 1 atom stereocenters. The number of thiol groups is 1. The molecule has 128 valence electrons. The van der Waals surface area contributed by atoms with Crippen molar-refractivity contribution >= 4 is 54.3 Å². The summed E-state index contributed by atoms with van der Waals surface area (Å²) >= 11 is 10.5. The average molecular weight is 387 g/mol. The Morgan fingerprint density at radius 3 is 2.41 bits per heavy atom. The summed E-state index contributed by atoms with van der Waals surface area (Å²) in [6.07, 6.45) is -0.463. The van der Waals surface area contributed by atoms with Crippen molar-refractivity contribution in [1.82, 2.24) is 8.38 Å². The molecule has 1 amide bonds. The molecule has 1 unspecified atom stereocenters. The van der Waals surface area contributed by atoms with E-state index in [0.717, 1.165) is 18.6 Å². The number of nitrogens with zero attached hydrogens (tertiary/aromatic N) is 2. The lowest BCUT2D eigenvalue weighted by Crippen LogP contribution is -2.34. The summed E-state index contributed by atoms with van der Waals surface area (Å²) in [5.41, 5.74) is 0. The third-order valence-electron chi connectivity index (χ3n) is 2.61. The lowest BCUT2D eigenvalue weighted by molar-refractivity contribution is 0.120. The summed E-state index contributed by atoms with van der Waals surface area (Å²) in [7, 11) is 1.57. The number of nitrogens with one attached hydrogen (secondary N) is 1. The monoisotopic (exact) mass is 387 g/mol. The molecule has 1 saturated heterocycles. The molecule has 22 heavy (non-hydrogen) atoms. The molecule has 1 N–H and O–H groups in total. The number of ether oxygens (including phenoxy) is 1. The summed E-state index contributed by atoms with van der Waals surface area (Å²) in [6.45, 7) is 4.00. The third-order valence-corrected chi connectivity index (χ3v) is 8.25. The molecule has 1 rings (SSSR count). The predicted molar refractivity (Wildman–Crippen MR) is 95.8 cm³/mol. The molecule has 7 nitrogen and oxygen atoms in total. The summed E-state index contributed by atoms with van der Waals surface area (Å²) in [4.78, 5) is 12.0. The Labute approximate surface area is 146 Å². The molecule has 0 spiro atoms. The van der Waals surface area contributed by atoms with Crippen molar-refractivity contribution in [2.45, 2.75) is 39.3 Å². The van der Waals surface area contributed by atoms with Crippen molar-refractivity contribution in [3.8, 4) is 0 Å². The molecule has 11 heteroatoms. The molecule has 1 heterocycles. The van der Waals surface area contributed by atoms with E-state index in [2.05, 4.69) is 12.6 Å². The highest BCUT2D eigenvalue weighted by Gasteiger charge is 2.36. The van der Waals surface area contributed by atoms with Crippen LogP contribution in [0.5, 0.6) is 0 Å². The van der Waals surface area contributed by atoms with Gasteiger partial charge in [0.1, 0.15) is 11.1 Å². The van der Waals surface area contributed by atoms with Gasteiger partial charge in [-0.1, -0.05) is 0 Å². The Balaban J connectivity index is 2.72. The highest BCUT2D eigenvalue weighted by atomic mass is 32.5. The molecule has 1 aliphatic rings. The number of hydrogen-bond acceptors (Lipinski definition) is 7. The van der Waals surface area contributed by atoms with E-state index in [1.54, 1.807) is 18.0 Å². The van der Waals surface area contributed by atoms with Crippen LogP contribution in [0.15, 0.2) is 0 Å². The van der Waals surface area contributed by atoms with Crippen molar-refractivity contribution in [2.24, 2.45) is 0 Å². The lowest BCUT2D eigenvalue weighted by Gasteiger charge is -2.38. The molecule has 0 aromatic rings. The smallest absolute Gasteiger partial charge is 0.421 e. The summed E-state index contributed by atoms with van der Waals surface area (Å²) in [5.74, 6) is 0. The van der Waals surface area contributed by atoms with Gasteiger partial charge in [-0.05, 0) is 39.0 Å². The standard InChI is InChI=1S/C11H22N3O4PS3/c1-8(2)14(19(21)16-6-5-7-17-19)22-13(4)11(15)18-9(3)10(12)20/h8-9H,5-7H2,1-4H3,(H2,12,20). The molecule has 0 radical (unpaired) electrons. The minimum atomic E-state index is -2.60. The molecule has 0 aromatic heterocycles. The largest absolute Gasteiger partial charge is 0.439 e. The molecule has 0 aliphatic carbocycles. The van der Waals surface area contributed by atoms with E-state index in [0.29, 0.717) is 13.2 Å². The quantitative estimate of drug-likeness (QED) is 0.238. The van der Waals surface area contributed by atoms with Gasteiger partial charge in [0.05, 0.1) is 25.3 Å². The maximum absolute atomic E-state index is 12.0. The van der Waals surface area contributed by atoms with Gasteiger partial charge in [0, 0.05) is 13.1 Å². The van der Waals surface area contributed by atoms with Gasteiger partial charge in [0.2, 0.25) is 0 Å². The molecule has 0 bridgehead atoms. The van der Waals surface area contributed by atoms with Crippen molar-refractivity contribution in [2.75, 3.05) is 20.3 Å². The van der Waals surface area contributed by atoms with Gasteiger partial charge < -0.3 is 13.8 Å². The number of carbonyl (C=O) groups is 1. The molecule has 1 aliphatic heterocycles. The van der Waals surface area contributed by atoms with E-state index in [-0.39, 0.29) is 11.1 Å². The van der Waals surface area contributed by atoms with Gasteiger partial charge in [-0.25, -0.2) is 9.10 Å². The number of rotatable bonds is 6. The van der Waals surface area contributed by atoms with Crippen molar-refractivity contribution < 1.29 is 18.6 Å². The van der Waals surface area contributed by atoms with E-state index in [1.807, 2.05) is 13.8 Å². The Bertz CT molecular complexity index is 456. The Morgan fingerprint density at radius 1 is 1.41 bits per heavy atom. The zero-order valence-corrected chi connectivity index (χ0v) is 16.4. The zero-order chi connectivity index (χ0) is 16.9. The summed E-state index contributed by atoms with van der Waals surface area (Å²) in [6, 6.07) is 0.0183. The van der Waals surface area contributed by atoms with Gasteiger partial charge in [-0.15, -0.1) is 12.6 Å². The Morgan fingerprint density at radius 2 is 1.95 bits per heavy atom. The SMILES string of the molecule is CC(OC(=O)N(C)SN(C(C)C)P1(=S)OCCCO1)C(=N)S. The van der Waals surface area contributed by atoms with Gasteiger partial charge >= 0.3 is 6.09 Å². The maximum Gasteiger partial charge on any atom is 0.421 e. The van der Waals surface area contributed by atoms with Gasteiger partial charge in [0.15, 0.2) is 0 Å². The molecule has 1 fully saturated rings. The third kappa shape index (κ3) is 5.67. The second-order valence-electron chi connectivity index (χ2n) is 4.88. The van der Waals surface area contributed by atoms with Gasteiger partial charge in [-0.3, -0.25) is 5.41 Å². The zero-order valence-electron chi connectivity index (χ0n) is 13.0. The van der Waals surface area contributed by atoms with Crippen LogP contribution in [0.4, 0.5) is 4.79 Å². The number of carbonyl (C=O) groups excluding carboxylic acids is 1. The van der Waals surface area contributed by atoms with Crippen LogP contribution in [-0.4, -0.2) is 51.9 Å². The second kappa shape index (κ2) is 8.86. The first kappa shape index (κ1) is 20.2. The highest BCUT2D eigenvalue weighted by Crippen LogP contribution is 2.59. The fraction of sp³-hybridized carbons (Fsp3) is 0.818. The highest BCUT2D eigenvalue weighted by molar-refractivity contribution is 8.15. The van der Waals surface area contributed by atoms with Crippen LogP contribution in [0.3, 0.4) is 0 Å². The molecule has 0 saturated carbocycles. The lowest BCUT2D eigenvalue weighted by atomic mass is 10.4. The number of amides is 1. The van der Waals surface area contributed by atoms with Gasteiger partial charge in [-0.2, -0.15) is 4.08 Å². The minimum Gasteiger partial charge on any atom is -0.439 e. The van der Waals surface area contributed by atoms with Crippen LogP contribution in [0, 0.1) is 5.41 Å². The average Bonchev–Trinajstić information content (AvgIpc) is 2.44. The maximum atomic E-state index is 12.0. The first-order valence-corrected chi connectivity index (χ1v) is 10.5. The van der Waals surface area contributed by atoms with Crippen LogP contribution in [-0.2, 0) is 25.6 Å². The molecular formula is C11H22N3O4PS3. The van der Waals surface area contributed by atoms with Crippen LogP contribution in [0.1, 0.15) is 27.2 Å². The van der Waals surface area contributed by atoms with Gasteiger partial charge in [0.25, 0.3) is 6.64 Å². The van der Waals surface area contributed by atoms with Crippen LogP contribution >= 0.6 is 31.4 Å². The van der Waals surface area contributed by atoms with Crippen molar-refractivity contribution in [3.05, 3.63) is 0 Å². The van der Waals surface area contributed by atoms with Crippen molar-refractivity contribution in [1.29, 1.82) is 5.41 Å². The summed E-state index contributed by atoms with van der Waals surface area (Å²) < 4.78 is 19.6. The normalized spacial score (nSPS) is 19.0. The first-order valence-electron chi connectivity index (χ1n) is 6.76. The molecule has 0 aromatic carbocycles. The van der Waals surface area contributed by atoms with Crippen molar-refractivity contribution in [3.63, 3.8) is 0 Å². The fourth-order valence-electron chi connectivity index (χ4n) is 1.43. The minimum absolute atomic E-state index is 0.0151. The van der Waals surface area contributed by atoms with E-state index >= 15 is 0 Å². The predicted octanol–water partition coefficient (Wildman–Crippen LogP) is 3.29. The number of hydrogen-bond donors (Lipinski definition) is 2. The summed E-state index contributed by atoms with van der Waals surface area (Å²) in [5, 5.41) is 7.32. The van der Waals surface area contributed by atoms with E-state index < -0.39 is 18.8 Å². The fourth-order valence-corrected chi connectivity index (χ4v) is 5.87. The Kier molecular flexibility index (Phi) is 8.15. The first-order chi connectivity index (χ1) is 10.2. The Hall–Kier alpha value is 0.170. The van der Waals surface area contributed by atoms with Crippen LogP contribution < -0.4 is 0 Å². The van der Waals surface area contributed by atoms with E-state index in [9.17, 15) is 4.79 Å². The van der Waals surface area contributed by atoms with Crippen LogP contribution in [0.2, 0.25) is 0 Å². The topological polar surface area (TPSA) is 75.1 Å². The van der Waals surface area contributed by atoms with E-state index in [4.69, 9.17) is 31.0 Å². The van der Waals surface area contributed by atoms with Crippen LogP contribution in [0.25, 0.3) is 0 Å². The van der Waals surface area contributed by atoms with E-state index in [1.165, 1.54) is 4.31 Å². The second-order valence-corrected chi connectivity index (χ2v) is 10.0.